The van der Waals surface area contributed by atoms with Gasteiger partial charge in [0.2, 0.25) is 0 Å². The molecule has 0 aromatic heterocycles. The minimum absolute atomic E-state index is 0.0848. The molecular weight excluding hydrogens is 234 g/mol. The van der Waals surface area contributed by atoms with Crippen LogP contribution in [0.1, 0.15) is 23.7 Å². The summed E-state index contributed by atoms with van der Waals surface area (Å²) in [5.74, 6) is -0.762. The van der Waals surface area contributed by atoms with Crippen LogP contribution in [0.5, 0.6) is 11.5 Å². The molecule has 1 aromatic carbocycles. The molecule has 0 spiro atoms. The predicted octanol–water partition coefficient (Wildman–Crippen LogP) is 1.25. The number of benzene rings is 1. The molecule has 98 valence electrons. The smallest absolute Gasteiger partial charge is 0.255 e. The van der Waals surface area contributed by atoms with E-state index in [0.717, 1.165) is 13.0 Å². The fourth-order valence-corrected chi connectivity index (χ4v) is 2.08. The number of ether oxygens (including phenoxy) is 1. The third kappa shape index (κ3) is 2.56. The quantitative estimate of drug-likeness (QED) is 0.706. The van der Waals surface area contributed by atoms with E-state index in [-0.39, 0.29) is 29.1 Å². The molecule has 1 aromatic rings. The minimum atomic E-state index is -0.387. The molecule has 0 radical (unpaired) electrons. The van der Waals surface area contributed by atoms with Gasteiger partial charge in [-0.25, -0.2) is 0 Å². The maximum absolute atomic E-state index is 11.9. The van der Waals surface area contributed by atoms with Crippen LogP contribution in [0.3, 0.4) is 0 Å². The molecule has 0 bridgehead atoms. The zero-order valence-electron chi connectivity index (χ0n) is 10.2. The molecular formula is C13H17NO4. The SMILES string of the molecule is CC1OCCC1CNC(=O)c1cccc(O)c1O. The molecule has 2 atom stereocenters. The molecule has 2 unspecified atom stereocenters. The monoisotopic (exact) mass is 251 g/mol. The van der Waals surface area contributed by atoms with Crippen molar-refractivity contribution in [2.24, 2.45) is 5.92 Å². The van der Waals surface area contributed by atoms with Gasteiger partial charge in [0.15, 0.2) is 11.5 Å². The van der Waals surface area contributed by atoms with Gasteiger partial charge in [0, 0.05) is 19.1 Å². The molecule has 0 saturated carbocycles. The lowest BCUT2D eigenvalue weighted by Gasteiger charge is -2.15. The van der Waals surface area contributed by atoms with Crippen molar-refractivity contribution < 1.29 is 19.7 Å². The van der Waals surface area contributed by atoms with Gasteiger partial charge in [-0.15, -0.1) is 0 Å². The fraction of sp³-hybridized carbons (Fsp3) is 0.462. The van der Waals surface area contributed by atoms with Gasteiger partial charge in [0.05, 0.1) is 11.7 Å². The van der Waals surface area contributed by atoms with Crippen LogP contribution in [0, 0.1) is 5.92 Å². The maximum atomic E-state index is 11.9. The van der Waals surface area contributed by atoms with Crippen LogP contribution in [0.25, 0.3) is 0 Å². The summed E-state index contributed by atoms with van der Waals surface area (Å²) < 4.78 is 5.41. The number of para-hydroxylation sites is 1. The molecule has 3 N–H and O–H groups in total. The second kappa shape index (κ2) is 5.27. The maximum Gasteiger partial charge on any atom is 0.255 e. The van der Waals surface area contributed by atoms with Crippen LogP contribution < -0.4 is 5.32 Å². The van der Waals surface area contributed by atoms with E-state index in [0.29, 0.717) is 12.5 Å². The summed E-state index contributed by atoms with van der Waals surface area (Å²) in [4.78, 5) is 11.9. The lowest BCUT2D eigenvalue weighted by molar-refractivity contribution is 0.0904. The highest BCUT2D eigenvalue weighted by atomic mass is 16.5. The molecule has 1 amide bonds. The van der Waals surface area contributed by atoms with Crippen molar-refractivity contribution in [3.05, 3.63) is 23.8 Å². The molecule has 1 aliphatic heterocycles. The zero-order chi connectivity index (χ0) is 13.1. The molecule has 18 heavy (non-hydrogen) atoms. The zero-order valence-corrected chi connectivity index (χ0v) is 10.2. The first kappa shape index (κ1) is 12.7. The summed E-state index contributed by atoms with van der Waals surface area (Å²) in [6.07, 6.45) is 1.07. The Balaban J connectivity index is 1.97. The Bertz CT molecular complexity index is 447. The highest BCUT2D eigenvalue weighted by molar-refractivity contribution is 5.97. The van der Waals surface area contributed by atoms with Crippen molar-refractivity contribution in [3.63, 3.8) is 0 Å². The van der Waals surface area contributed by atoms with Gasteiger partial charge < -0.3 is 20.3 Å². The molecule has 1 aliphatic rings. The number of phenols is 2. The van der Waals surface area contributed by atoms with Gasteiger partial charge in [0.25, 0.3) is 5.91 Å². The highest BCUT2D eigenvalue weighted by Gasteiger charge is 2.25. The Morgan fingerprint density at radius 3 is 2.94 bits per heavy atom. The minimum Gasteiger partial charge on any atom is -0.504 e. The van der Waals surface area contributed by atoms with Crippen LogP contribution in [-0.4, -0.2) is 35.4 Å². The fourth-order valence-electron chi connectivity index (χ4n) is 2.08. The number of carbonyl (C=O) groups is 1. The summed E-state index contributed by atoms with van der Waals surface area (Å²) in [5.41, 5.74) is 0.0848. The highest BCUT2D eigenvalue weighted by Crippen LogP contribution is 2.28. The summed E-state index contributed by atoms with van der Waals surface area (Å²) >= 11 is 0. The van der Waals surface area contributed by atoms with Crippen LogP contribution in [0.4, 0.5) is 0 Å². The predicted molar refractivity (Wildman–Crippen MR) is 65.6 cm³/mol. The Hall–Kier alpha value is -1.75. The van der Waals surface area contributed by atoms with Gasteiger partial charge in [-0.05, 0) is 25.5 Å². The first-order chi connectivity index (χ1) is 8.59. The van der Waals surface area contributed by atoms with E-state index < -0.39 is 0 Å². The third-order valence-corrected chi connectivity index (χ3v) is 3.32. The van der Waals surface area contributed by atoms with Gasteiger partial charge in [0.1, 0.15) is 0 Å². The number of rotatable bonds is 3. The molecule has 5 heteroatoms. The first-order valence-electron chi connectivity index (χ1n) is 6.00. The average molecular weight is 251 g/mol. The largest absolute Gasteiger partial charge is 0.504 e. The first-order valence-corrected chi connectivity index (χ1v) is 6.00. The van der Waals surface area contributed by atoms with Crippen LogP contribution in [0.2, 0.25) is 0 Å². The van der Waals surface area contributed by atoms with Crippen LogP contribution in [-0.2, 0) is 4.74 Å². The van der Waals surface area contributed by atoms with Gasteiger partial charge in [-0.3, -0.25) is 4.79 Å². The molecule has 2 rings (SSSR count). The van der Waals surface area contributed by atoms with Gasteiger partial charge in [-0.2, -0.15) is 0 Å². The molecule has 5 nitrogen and oxygen atoms in total. The Morgan fingerprint density at radius 2 is 2.28 bits per heavy atom. The van der Waals surface area contributed by atoms with E-state index >= 15 is 0 Å². The Kier molecular flexibility index (Phi) is 3.72. The van der Waals surface area contributed by atoms with Crippen molar-refractivity contribution in [1.29, 1.82) is 0 Å². The molecule has 1 saturated heterocycles. The summed E-state index contributed by atoms with van der Waals surface area (Å²) in [7, 11) is 0. The Labute approximate surface area is 105 Å². The molecule has 1 fully saturated rings. The van der Waals surface area contributed by atoms with Crippen molar-refractivity contribution in [1.82, 2.24) is 5.32 Å². The number of phenolic OH excluding ortho intramolecular Hbond substituents is 2. The number of amides is 1. The van der Waals surface area contributed by atoms with E-state index in [9.17, 15) is 15.0 Å². The van der Waals surface area contributed by atoms with Gasteiger partial charge >= 0.3 is 0 Å². The Morgan fingerprint density at radius 1 is 1.50 bits per heavy atom. The normalized spacial score (nSPS) is 22.9. The standard InChI is InChI=1S/C13H17NO4/c1-8-9(5-6-18-8)7-14-13(17)10-3-2-4-11(15)12(10)16/h2-4,8-9,15-16H,5-7H2,1H3,(H,14,17). The summed E-state index contributed by atoms with van der Waals surface area (Å²) in [6.45, 7) is 3.21. The average Bonchev–Trinajstić information content (AvgIpc) is 2.75. The number of carbonyl (C=O) groups excluding carboxylic acids is 1. The van der Waals surface area contributed by atoms with E-state index in [1.807, 2.05) is 6.92 Å². The number of hydrogen-bond acceptors (Lipinski definition) is 4. The second-order valence-electron chi connectivity index (χ2n) is 4.51. The number of hydrogen-bond donors (Lipinski definition) is 3. The second-order valence-corrected chi connectivity index (χ2v) is 4.51. The van der Waals surface area contributed by atoms with E-state index in [1.165, 1.54) is 18.2 Å². The number of nitrogens with one attached hydrogen (secondary N) is 1. The van der Waals surface area contributed by atoms with Crippen molar-refractivity contribution >= 4 is 5.91 Å². The molecule has 0 aliphatic carbocycles. The van der Waals surface area contributed by atoms with E-state index in [4.69, 9.17) is 4.74 Å². The topological polar surface area (TPSA) is 78.8 Å². The molecule has 1 heterocycles. The van der Waals surface area contributed by atoms with Crippen LogP contribution in [0.15, 0.2) is 18.2 Å². The van der Waals surface area contributed by atoms with Crippen molar-refractivity contribution in [2.45, 2.75) is 19.4 Å². The van der Waals surface area contributed by atoms with Gasteiger partial charge in [-0.1, -0.05) is 6.07 Å². The number of aromatic hydroxyl groups is 2. The van der Waals surface area contributed by atoms with Crippen molar-refractivity contribution in [2.75, 3.05) is 13.2 Å². The van der Waals surface area contributed by atoms with Crippen molar-refractivity contribution in [3.8, 4) is 11.5 Å². The third-order valence-electron chi connectivity index (χ3n) is 3.32. The van der Waals surface area contributed by atoms with E-state index in [2.05, 4.69) is 5.32 Å². The van der Waals surface area contributed by atoms with E-state index in [1.54, 1.807) is 0 Å². The lowest BCUT2D eigenvalue weighted by atomic mass is 10.0. The summed E-state index contributed by atoms with van der Waals surface area (Å²) in [5, 5.41) is 21.6. The summed E-state index contributed by atoms with van der Waals surface area (Å²) in [6, 6.07) is 4.32. The lowest BCUT2D eigenvalue weighted by Crippen LogP contribution is -2.31. The van der Waals surface area contributed by atoms with Crippen LogP contribution >= 0.6 is 0 Å².